The number of nitrogens with one attached hydrogen (secondary N) is 1. The van der Waals surface area contributed by atoms with Crippen molar-refractivity contribution in [2.75, 3.05) is 0 Å². The molecule has 0 amide bonds. The van der Waals surface area contributed by atoms with Crippen molar-refractivity contribution in [3.05, 3.63) is 24.2 Å². The minimum Gasteiger partial charge on any atom is -0.472 e. The summed E-state index contributed by atoms with van der Waals surface area (Å²) in [5, 5.41) is 0. The lowest BCUT2D eigenvalue weighted by Crippen LogP contribution is -2.36. The molecule has 1 aromatic heterocycles. The van der Waals surface area contributed by atoms with Crippen molar-refractivity contribution in [3.8, 4) is 0 Å². The van der Waals surface area contributed by atoms with Crippen molar-refractivity contribution < 1.29 is 4.42 Å². The number of rotatable bonds is 3. The monoisotopic (exact) mass is 222 g/mol. The van der Waals surface area contributed by atoms with Crippen LogP contribution < -0.4 is 11.3 Å². The van der Waals surface area contributed by atoms with Crippen LogP contribution in [-0.4, -0.2) is 0 Å². The van der Waals surface area contributed by atoms with Crippen LogP contribution in [0.1, 0.15) is 44.7 Å². The van der Waals surface area contributed by atoms with Crippen molar-refractivity contribution in [1.29, 1.82) is 0 Å². The van der Waals surface area contributed by atoms with Gasteiger partial charge >= 0.3 is 0 Å². The first-order valence-corrected chi connectivity index (χ1v) is 6.20. The quantitative estimate of drug-likeness (QED) is 0.610. The summed E-state index contributed by atoms with van der Waals surface area (Å²) in [4.78, 5) is 0. The summed E-state index contributed by atoms with van der Waals surface area (Å²) in [6.07, 6.45) is 7.33. The van der Waals surface area contributed by atoms with Gasteiger partial charge in [-0.05, 0) is 36.7 Å². The van der Waals surface area contributed by atoms with Gasteiger partial charge in [-0.15, -0.1) is 0 Å². The zero-order valence-electron chi connectivity index (χ0n) is 10.1. The minimum absolute atomic E-state index is 0.244. The van der Waals surface area contributed by atoms with Gasteiger partial charge in [-0.2, -0.15) is 0 Å². The lowest BCUT2D eigenvalue weighted by molar-refractivity contribution is 0.171. The molecule has 4 atom stereocenters. The van der Waals surface area contributed by atoms with Gasteiger partial charge in [0.1, 0.15) is 0 Å². The molecule has 3 N–H and O–H groups in total. The van der Waals surface area contributed by atoms with E-state index < -0.39 is 0 Å². The standard InChI is InChI=1S/C13H22N2O/c1-9-3-4-11(7-10(9)2)13(15-14)12-5-6-16-8-12/h5-6,8-11,13,15H,3-4,7,14H2,1-2H3. The second-order valence-corrected chi connectivity index (χ2v) is 5.23. The van der Waals surface area contributed by atoms with Crippen LogP contribution in [0.15, 0.2) is 23.0 Å². The Morgan fingerprint density at radius 2 is 2.19 bits per heavy atom. The number of hydrogen-bond acceptors (Lipinski definition) is 3. The Kier molecular flexibility index (Phi) is 3.66. The van der Waals surface area contributed by atoms with Gasteiger partial charge in [-0.1, -0.05) is 20.3 Å². The van der Waals surface area contributed by atoms with E-state index >= 15 is 0 Å². The Morgan fingerprint density at radius 1 is 1.38 bits per heavy atom. The molecule has 2 rings (SSSR count). The fourth-order valence-electron chi connectivity index (χ4n) is 2.85. The summed E-state index contributed by atoms with van der Waals surface area (Å²) in [6, 6.07) is 2.25. The Morgan fingerprint density at radius 3 is 2.75 bits per heavy atom. The third-order valence-corrected chi connectivity index (χ3v) is 4.19. The average molecular weight is 222 g/mol. The largest absolute Gasteiger partial charge is 0.472 e. The van der Waals surface area contributed by atoms with E-state index in [1.54, 1.807) is 12.5 Å². The van der Waals surface area contributed by atoms with Gasteiger partial charge in [0.2, 0.25) is 0 Å². The second kappa shape index (κ2) is 5.02. The maximum absolute atomic E-state index is 5.68. The molecule has 0 radical (unpaired) electrons. The topological polar surface area (TPSA) is 51.2 Å². The van der Waals surface area contributed by atoms with E-state index in [1.165, 1.54) is 24.8 Å². The molecule has 1 aliphatic rings. The summed E-state index contributed by atoms with van der Waals surface area (Å²) in [5.41, 5.74) is 4.12. The highest BCUT2D eigenvalue weighted by molar-refractivity contribution is 5.13. The molecule has 1 fully saturated rings. The molecule has 0 saturated heterocycles. The maximum Gasteiger partial charge on any atom is 0.0950 e. The van der Waals surface area contributed by atoms with Crippen molar-refractivity contribution in [2.24, 2.45) is 23.6 Å². The number of nitrogens with two attached hydrogens (primary N) is 1. The smallest absolute Gasteiger partial charge is 0.0950 e. The van der Waals surface area contributed by atoms with E-state index in [-0.39, 0.29) is 6.04 Å². The van der Waals surface area contributed by atoms with Crippen LogP contribution in [-0.2, 0) is 0 Å². The molecular weight excluding hydrogens is 200 g/mol. The molecule has 1 aromatic rings. The SMILES string of the molecule is CC1CCC(C(NN)c2ccoc2)CC1C. The van der Waals surface area contributed by atoms with E-state index in [0.29, 0.717) is 5.92 Å². The van der Waals surface area contributed by atoms with E-state index in [4.69, 9.17) is 10.3 Å². The highest BCUT2D eigenvalue weighted by Crippen LogP contribution is 2.39. The van der Waals surface area contributed by atoms with Gasteiger partial charge in [-0.3, -0.25) is 11.3 Å². The Balaban J connectivity index is 2.05. The molecule has 0 bridgehead atoms. The molecule has 16 heavy (non-hydrogen) atoms. The van der Waals surface area contributed by atoms with Crippen LogP contribution in [0, 0.1) is 17.8 Å². The Hall–Kier alpha value is -0.800. The number of hydrazine groups is 1. The molecule has 3 nitrogen and oxygen atoms in total. The van der Waals surface area contributed by atoms with Gasteiger partial charge in [0.25, 0.3) is 0 Å². The van der Waals surface area contributed by atoms with Crippen LogP contribution in [0.4, 0.5) is 0 Å². The zero-order chi connectivity index (χ0) is 11.5. The molecule has 90 valence electrons. The van der Waals surface area contributed by atoms with E-state index in [0.717, 1.165) is 11.8 Å². The summed E-state index contributed by atoms with van der Waals surface area (Å²) < 4.78 is 5.14. The summed E-state index contributed by atoms with van der Waals surface area (Å²) in [6.45, 7) is 4.70. The third-order valence-electron chi connectivity index (χ3n) is 4.19. The maximum atomic E-state index is 5.68. The van der Waals surface area contributed by atoms with Crippen LogP contribution in [0.2, 0.25) is 0 Å². The average Bonchev–Trinajstić information content (AvgIpc) is 2.78. The molecule has 0 aromatic carbocycles. The number of furan rings is 1. The number of hydrogen-bond donors (Lipinski definition) is 2. The van der Waals surface area contributed by atoms with E-state index in [1.807, 2.05) is 6.07 Å². The summed E-state index contributed by atoms with van der Waals surface area (Å²) in [5.74, 6) is 7.96. The first-order chi connectivity index (χ1) is 7.72. The first-order valence-electron chi connectivity index (χ1n) is 6.20. The van der Waals surface area contributed by atoms with Crippen LogP contribution in [0.3, 0.4) is 0 Å². The van der Waals surface area contributed by atoms with Crippen molar-refractivity contribution in [2.45, 2.75) is 39.2 Å². The van der Waals surface area contributed by atoms with Gasteiger partial charge in [-0.25, -0.2) is 0 Å². The fraction of sp³-hybridized carbons (Fsp3) is 0.692. The van der Waals surface area contributed by atoms with Crippen molar-refractivity contribution >= 4 is 0 Å². The fourth-order valence-corrected chi connectivity index (χ4v) is 2.85. The Bertz CT molecular complexity index is 310. The molecule has 3 heteroatoms. The minimum atomic E-state index is 0.244. The lowest BCUT2D eigenvalue weighted by Gasteiger charge is -2.36. The van der Waals surface area contributed by atoms with Gasteiger partial charge < -0.3 is 4.42 Å². The van der Waals surface area contributed by atoms with Gasteiger partial charge in [0, 0.05) is 5.56 Å². The van der Waals surface area contributed by atoms with E-state index in [2.05, 4.69) is 19.3 Å². The molecule has 1 saturated carbocycles. The predicted octanol–water partition coefficient (Wildman–Crippen LogP) is 2.86. The third kappa shape index (κ3) is 2.30. The summed E-state index contributed by atoms with van der Waals surface area (Å²) in [7, 11) is 0. The van der Waals surface area contributed by atoms with Crippen molar-refractivity contribution in [1.82, 2.24) is 5.43 Å². The summed E-state index contributed by atoms with van der Waals surface area (Å²) >= 11 is 0. The second-order valence-electron chi connectivity index (χ2n) is 5.23. The highest BCUT2D eigenvalue weighted by atomic mass is 16.3. The zero-order valence-corrected chi connectivity index (χ0v) is 10.1. The Labute approximate surface area is 97.4 Å². The predicted molar refractivity (Wildman–Crippen MR) is 64.4 cm³/mol. The van der Waals surface area contributed by atoms with Crippen LogP contribution >= 0.6 is 0 Å². The van der Waals surface area contributed by atoms with Crippen molar-refractivity contribution in [3.63, 3.8) is 0 Å². The lowest BCUT2D eigenvalue weighted by atomic mass is 9.72. The molecule has 0 spiro atoms. The molecular formula is C13H22N2O. The molecule has 1 aliphatic carbocycles. The van der Waals surface area contributed by atoms with E-state index in [9.17, 15) is 0 Å². The first kappa shape index (κ1) is 11.7. The van der Waals surface area contributed by atoms with Gasteiger partial charge in [0.15, 0.2) is 0 Å². The molecule has 4 unspecified atom stereocenters. The van der Waals surface area contributed by atoms with Gasteiger partial charge in [0.05, 0.1) is 18.6 Å². The normalized spacial score (nSPS) is 32.6. The molecule has 1 heterocycles. The molecule has 0 aliphatic heterocycles. The van der Waals surface area contributed by atoms with Crippen LogP contribution in [0.5, 0.6) is 0 Å². The van der Waals surface area contributed by atoms with Crippen LogP contribution in [0.25, 0.3) is 0 Å². The highest BCUT2D eigenvalue weighted by Gasteiger charge is 2.30.